The van der Waals surface area contributed by atoms with Gasteiger partial charge in [-0.05, 0) is 67.0 Å². The second-order valence-electron chi connectivity index (χ2n) is 12.2. The molecule has 0 saturated carbocycles. The molecule has 46 heavy (non-hydrogen) atoms. The Morgan fingerprint density at radius 1 is 1.09 bits per heavy atom. The predicted octanol–water partition coefficient (Wildman–Crippen LogP) is 2.65. The molecule has 2 aliphatic rings. The number of phenolic OH excluding ortho intramolecular Hbond substituents is 1. The van der Waals surface area contributed by atoms with Gasteiger partial charge >= 0.3 is 5.97 Å². The van der Waals surface area contributed by atoms with Crippen LogP contribution in [0.4, 0.5) is 0 Å². The lowest BCUT2D eigenvalue weighted by Gasteiger charge is -2.35. The Hall–Kier alpha value is -4.29. The first-order chi connectivity index (χ1) is 22.0. The highest BCUT2D eigenvalue weighted by Gasteiger charge is 2.36. The maximum Gasteiger partial charge on any atom is 0.325 e. The van der Waals surface area contributed by atoms with Gasteiger partial charge in [-0.1, -0.05) is 45.1 Å². The van der Waals surface area contributed by atoms with Crippen molar-refractivity contribution in [1.82, 2.24) is 26.1 Å². The highest BCUT2D eigenvalue weighted by molar-refractivity contribution is 5.93. The van der Waals surface area contributed by atoms with E-state index >= 15 is 0 Å². The first-order valence-electron chi connectivity index (χ1n) is 15.8. The average molecular weight is 636 g/mol. The van der Waals surface area contributed by atoms with Crippen molar-refractivity contribution in [3.05, 3.63) is 65.5 Å². The number of methoxy groups -OCH3 is 1. The average Bonchev–Trinajstić information content (AvgIpc) is 3.04. The third kappa shape index (κ3) is 9.37. The van der Waals surface area contributed by atoms with Crippen LogP contribution in [-0.2, 0) is 41.7 Å². The summed E-state index contributed by atoms with van der Waals surface area (Å²) in [5, 5.41) is 17.1. The Kier molecular flexibility index (Phi) is 12.3. The molecular weight excluding hydrogens is 590 g/mol. The van der Waals surface area contributed by atoms with Crippen molar-refractivity contribution in [2.45, 2.75) is 83.7 Å². The number of esters is 1. The number of hydrazine groups is 1. The summed E-state index contributed by atoms with van der Waals surface area (Å²) in [6.07, 6.45) is 7.46. The number of ether oxygens (including phenoxy) is 2. The predicted molar refractivity (Wildman–Crippen MR) is 171 cm³/mol. The number of amides is 3. The number of hydrogen-bond donors (Lipinski definition) is 4. The van der Waals surface area contributed by atoms with Crippen LogP contribution in [0.15, 0.2) is 48.7 Å². The number of phenols is 1. The number of hydrogen-bond acceptors (Lipinski definition) is 9. The molecule has 12 heteroatoms. The molecule has 0 aliphatic carbocycles. The van der Waals surface area contributed by atoms with Crippen molar-refractivity contribution in [3.63, 3.8) is 0 Å². The molecule has 0 spiro atoms. The molecule has 4 rings (SSSR count). The molecule has 1 aromatic carbocycles. The topological polar surface area (TPSA) is 159 Å². The molecule has 3 amide bonds. The van der Waals surface area contributed by atoms with Crippen molar-refractivity contribution in [2.24, 2.45) is 11.8 Å². The Morgan fingerprint density at radius 3 is 2.63 bits per heavy atom. The van der Waals surface area contributed by atoms with E-state index in [0.717, 1.165) is 5.56 Å². The molecule has 12 nitrogen and oxygen atoms in total. The molecule has 248 valence electrons. The molecule has 4 bridgehead atoms. The van der Waals surface area contributed by atoms with Gasteiger partial charge in [-0.15, -0.1) is 0 Å². The molecule has 1 saturated heterocycles. The molecule has 0 radical (unpaired) electrons. The highest BCUT2D eigenvalue weighted by atomic mass is 16.5. The van der Waals surface area contributed by atoms with Crippen molar-refractivity contribution >= 4 is 29.8 Å². The second kappa shape index (κ2) is 16.3. The van der Waals surface area contributed by atoms with E-state index in [2.05, 4.69) is 21.0 Å². The number of cyclic esters (lactones) is 1. The summed E-state index contributed by atoms with van der Waals surface area (Å²) in [5.74, 6) is -2.64. The molecule has 4 N–H and O–H groups in total. The molecule has 0 unspecified atom stereocenters. The molecule has 1 aromatic heterocycles. The Bertz CT molecular complexity index is 1410. The van der Waals surface area contributed by atoms with Gasteiger partial charge in [0, 0.05) is 26.3 Å². The summed E-state index contributed by atoms with van der Waals surface area (Å²) in [6.45, 7) is 5.68. The van der Waals surface area contributed by atoms with Gasteiger partial charge in [0.2, 0.25) is 11.8 Å². The van der Waals surface area contributed by atoms with Gasteiger partial charge < -0.3 is 25.2 Å². The van der Waals surface area contributed by atoms with E-state index in [1.807, 2.05) is 38.1 Å². The number of aromatic hydroxyl groups is 1. The van der Waals surface area contributed by atoms with E-state index < -0.39 is 47.9 Å². The van der Waals surface area contributed by atoms with Crippen LogP contribution in [0.2, 0.25) is 0 Å². The summed E-state index contributed by atoms with van der Waals surface area (Å²) in [5.41, 5.74) is 5.08. The smallest absolute Gasteiger partial charge is 0.325 e. The highest BCUT2D eigenvalue weighted by Crippen LogP contribution is 2.19. The third-order valence-corrected chi connectivity index (χ3v) is 8.35. The molecule has 5 atom stereocenters. The number of carbonyl (C=O) groups excluding carboxylic acids is 4. The normalized spacial score (nSPS) is 25.6. The van der Waals surface area contributed by atoms with Crippen LogP contribution >= 0.6 is 0 Å². The lowest BCUT2D eigenvalue weighted by molar-refractivity contribution is -0.154. The van der Waals surface area contributed by atoms with E-state index in [4.69, 9.17) is 9.47 Å². The Labute approximate surface area is 269 Å². The number of allylic oxidation sites excluding steroid dienone is 1. The number of nitrogens with one attached hydrogen (secondary N) is 3. The fraction of sp³-hybridized carbons (Fsp3) is 0.500. The van der Waals surface area contributed by atoms with E-state index in [1.54, 1.807) is 32.4 Å². The van der Waals surface area contributed by atoms with Crippen LogP contribution in [0.25, 0.3) is 6.08 Å². The van der Waals surface area contributed by atoms with Crippen molar-refractivity contribution in [1.29, 1.82) is 0 Å². The van der Waals surface area contributed by atoms with Crippen molar-refractivity contribution in [2.75, 3.05) is 13.7 Å². The number of pyridine rings is 1. The van der Waals surface area contributed by atoms with E-state index in [0.29, 0.717) is 43.5 Å². The fourth-order valence-electron chi connectivity index (χ4n) is 5.65. The second-order valence-corrected chi connectivity index (χ2v) is 12.2. The van der Waals surface area contributed by atoms with Crippen LogP contribution in [-0.4, -0.2) is 76.7 Å². The number of nitrogens with zero attached hydrogens (tertiary/aromatic N) is 2. The summed E-state index contributed by atoms with van der Waals surface area (Å²) in [6, 6.07) is 7.38. The van der Waals surface area contributed by atoms with Crippen LogP contribution < -0.4 is 16.1 Å². The van der Waals surface area contributed by atoms with Gasteiger partial charge in [-0.3, -0.25) is 29.2 Å². The van der Waals surface area contributed by atoms with Crippen LogP contribution in [0.1, 0.15) is 63.3 Å². The molecular formula is C34H45N5O7. The summed E-state index contributed by atoms with van der Waals surface area (Å²) in [4.78, 5) is 58.5. The largest absolute Gasteiger partial charge is 0.508 e. The van der Waals surface area contributed by atoms with Gasteiger partial charge in [-0.2, -0.15) is 0 Å². The minimum atomic E-state index is -1.06. The molecule has 1 fully saturated rings. The number of fused-ring (bicyclic) bond motifs is 4. The SMILES string of the molecule is CO[C@@H]1CCC=Cc2ccnc(c2)COC(=O)[C@@H]2CCCN(N2)C(=O)[C@H](Cc2cccc(O)c2)NC(=O)[C@H](C(C)C)NC(=O)[C@@H]1C. The lowest BCUT2D eigenvalue weighted by Crippen LogP contribution is -2.62. The number of aromatic nitrogens is 1. The van der Waals surface area contributed by atoms with Gasteiger partial charge in [0.1, 0.15) is 30.5 Å². The van der Waals surface area contributed by atoms with Crippen LogP contribution in [0.5, 0.6) is 5.75 Å². The number of carbonyl (C=O) groups is 4. The number of rotatable bonds is 4. The number of benzene rings is 1. The first kappa shape index (κ1) is 34.6. The van der Waals surface area contributed by atoms with Gasteiger partial charge in [-0.25, -0.2) is 5.43 Å². The van der Waals surface area contributed by atoms with E-state index in [1.165, 1.54) is 17.1 Å². The van der Waals surface area contributed by atoms with E-state index in [-0.39, 0.29) is 30.6 Å². The third-order valence-electron chi connectivity index (χ3n) is 8.35. The van der Waals surface area contributed by atoms with Gasteiger partial charge in [0.05, 0.1) is 17.7 Å². The summed E-state index contributed by atoms with van der Waals surface area (Å²) in [7, 11) is 1.56. The maximum absolute atomic E-state index is 14.0. The standard InChI is InChI=1S/C34H45N5O7/c1-21(2)30-32(42)36-28(19-24-10-7-11-26(40)18-24)33(43)39-16-8-12-27(38-39)34(44)46-20-25-17-23(14-15-35-25)9-5-6-13-29(45-4)22(3)31(41)37-30/h5,7,9-11,14-15,17-18,21-22,27-30,38,40H,6,8,12-13,16,19-20H2,1-4H3,(H,36,42)(H,37,41)/t22-,27+,28+,29-,30+/m1/s1. The zero-order valence-electron chi connectivity index (χ0n) is 26.9. The fourth-order valence-corrected chi connectivity index (χ4v) is 5.65. The quantitative estimate of drug-likeness (QED) is 0.371. The first-order valence-corrected chi connectivity index (χ1v) is 15.8. The van der Waals surface area contributed by atoms with Crippen molar-refractivity contribution < 1.29 is 33.8 Å². The van der Waals surface area contributed by atoms with Crippen LogP contribution in [0.3, 0.4) is 0 Å². The molecule has 2 aliphatic heterocycles. The van der Waals surface area contributed by atoms with Gasteiger partial charge in [0.25, 0.3) is 5.91 Å². The zero-order chi connectivity index (χ0) is 33.2. The summed E-state index contributed by atoms with van der Waals surface area (Å²) < 4.78 is 11.2. The van der Waals surface area contributed by atoms with Crippen molar-refractivity contribution in [3.8, 4) is 5.75 Å². The monoisotopic (exact) mass is 635 g/mol. The minimum Gasteiger partial charge on any atom is -0.508 e. The maximum atomic E-state index is 14.0. The Morgan fingerprint density at radius 2 is 1.89 bits per heavy atom. The molecule has 2 aromatic rings. The minimum absolute atomic E-state index is 0.0260. The molecule has 3 heterocycles. The van der Waals surface area contributed by atoms with E-state index in [9.17, 15) is 24.3 Å². The Balaban J connectivity index is 1.64. The van der Waals surface area contributed by atoms with Crippen LogP contribution in [0, 0.1) is 11.8 Å². The van der Waals surface area contributed by atoms with Gasteiger partial charge in [0.15, 0.2) is 0 Å². The summed E-state index contributed by atoms with van der Waals surface area (Å²) >= 11 is 0. The zero-order valence-corrected chi connectivity index (χ0v) is 26.9. The lowest BCUT2D eigenvalue weighted by atomic mass is 9.96.